The van der Waals surface area contributed by atoms with E-state index in [0.29, 0.717) is 5.02 Å². The zero-order valence-corrected chi connectivity index (χ0v) is 17.2. The number of carbonyl (C=O) groups is 1. The minimum absolute atomic E-state index is 0.138. The third kappa shape index (κ3) is 4.73. The van der Waals surface area contributed by atoms with Crippen LogP contribution in [-0.2, 0) is 0 Å². The number of hydrogen-bond donors (Lipinski definition) is 0. The molecule has 0 aliphatic carbocycles. The minimum atomic E-state index is 0.138. The predicted molar refractivity (Wildman–Crippen MR) is 110 cm³/mol. The molecule has 1 aromatic heterocycles. The molecule has 26 heavy (non-hydrogen) atoms. The van der Waals surface area contributed by atoms with Gasteiger partial charge in [-0.15, -0.1) is 11.3 Å². The number of thiazole rings is 1. The Morgan fingerprint density at radius 1 is 1.27 bits per heavy atom. The number of ketones is 1. The second-order valence-electron chi connectivity index (χ2n) is 7.13. The van der Waals surface area contributed by atoms with E-state index < -0.39 is 0 Å². The van der Waals surface area contributed by atoms with Gasteiger partial charge in [-0.05, 0) is 64.4 Å². The van der Waals surface area contributed by atoms with Gasteiger partial charge in [0.1, 0.15) is 5.01 Å². The fraction of sp³-hybridized carbons (Fsp3) is 0.524. The van der Waals surface area contributed by atoms with Gasteiger partial charge in [0.05, 0.1) is 10.6 Å². The Labute approximate surface area is 165 Å². The number of benzene rings is 1. The summed E-state index contributed by atoms with van der Waals surface area (Å²) in [6.07, 6.45) is 5.55. The maximum atomic E-state index is 13.1. The molecule has 1 aliphatic heterocycles. The zero-order chi connectivity index (χ0) is 18.5. The molecule has 0 bridgehead atoms. The van der Waals surface area contributed by atoms with Crippen molar-refractivity contribution in [2.75, 3.05) is 19.6 Å². The van der Waals surface area contributed by atoms with Crippen LogP contribution >= 0.6 is 22.9 Å². The molecular weight excluding hydrogens is 364 g/mol. The van der Waals surface area contributed by atoms with Gasteiger partial charge < -0.3 is 4.90 Å². The number of aryl methyl sites for hydroxylation is 1. The highest BCUT2D eigenvalue weighted by Crippen LogP contribution is 2.32. The predicted octanol–water partition coefficient (Wildman–Crippen LogP) is 5.86. The summed E-state index contributed by atoms with van der Waals surface area (Å²) < 4.78 is 0. The molecule has 2 aromatic rings. The summed E-state index contributed by atoms with van der Waals surface area (Å²) in [5.41, 5.74) is 1.88. The van der Waals surface area contributed by atoms with Crippen LogP contribution in [0.25, 0.3) is 10.6 Å². The molecular formula is C21H27ClN2OS. The number of rotatable bonds is 6. The van der Waals surface area contributed by atoms with E-state index in [-0.39, 0.29) is 11.7 Å². The molecule has 5 heteroatoms. The Kier molecular flexibility index (Phi) is 6.85. The summed E-state index contributed by atoms with van der Waals surface area (Å²) in [5, 5.41) is 1.62. The van der Waals surface area contributed by atoms with E-state index in [4.69, 9.17) is 11.6 Å². The first-order chi connectivity index (χ1) is 12.6. The van der Waals surface area contributed by atoms with Crippen LogP contribution < -0.4 is 0 Å². The second kappa shape index (κ2) is 9.12. The molecule has 1 atom stereocenters. The number of Topliss-reactive ketones (excluding diaryl/α,β-unsaturated/α-hetero) is 1. The Balaban J connectivity index is 1.70. The van der Waals surface area contributed by atoms with Gasteiger partial charge in [0.25, 0.3) is 0 Å². The number of unbranched alkanes of at least 4 members (excludes halogenated alkanes) is 1. The first-order valence-corrected chi connectivity index (χ1v) is 10.8. The lowest BCUT2D eigenvalue weighted by Gasteiger charge is -2.19. The molecule has 1 fully saturated rings. The van der Waals surface area contributed by atoms with Gasteiger partial charge in [-0.3, -0.25) is 4.79 Å². The molecule has 0 amide bonds. The van der Waals surface area contributed by atoms with Crippen LogP contribution in [0.5, 0.6) is 0 Å². The maximum absolute atomic E-state index is 13.1. The van der Waals surface area contributed by atoms with Gasteiger partial charge >= 0.3 is 0 Å². The van der Waals surface area contributed by atoms with Crippen molar-refractivity contribution in [1.29, 1.82) is 0 Å². The molecule has 3 nitrogen and oxygen atoms in total. The Morgan fingerprint density at radius 3 is 2.77 bits per heavy atom. The topological polar surface area (TPSA) is 33.2 Å². The van der Waals surface area contributed by atoms with Gasteiger partial charge in [0.15, 0.2) is 5.78 Å². The summed E-state index contributed by atoms with van der Waals surface area (Å²) in [6, 6.07) is 7.66. The molecule has 2 heterocycles. The highest BCUT2D eigenvalue weighted by Gasteiger charge is 2.27. The lowest BCUT2D eigenvalue weighted by atomic mass is 9.94. The van der Waals surface area contributed by atoms with Crippen LogP contribution in [-0.4, -0.2) is 35.3 Å². The first kappa shape index (κ1) is 19.5. The maximum Gasteiger partial charge on any atom is 0.177 e. The number of aromatic nitrogens is 1. The Bertz CT molecular complexity index is 741. The number of halogens is 1. The van der Waals surface area contributed by atoms with Gasteiger partial charge in [0, 0.05) is 16.5 Å². The van der Waals surface area contributed by atoms with Crippen LogP contribution in [0.2, 0.25) is 5.02 Å². The Morgan fingerprint density at radius 2 is 2.04 bits per heavy atom. The number of nitrogens with zero attached hydrogens (tertiary/aromatic N) is 2. The van der Waals surface area contributed by atoms with Gasteiger partial charge in [0.2, 0.25) is 0 Å². The summed E-state index contributed by atoms with van der Waals surface area (Å²) in [6.45, 7) is 7.51. The average molecular weight is 391 g/mol. The summed E-state index contributed by atoms with van der Waals surface area (Å²) in [7, 11) is 0. The molecule has 1 aromatic carbocycles. The monoisotopic (exact) mass is 390 g/mol. The molecule has 0 spiro atoms. The standard InChI is InChI=1S/C21H27ClN2OS/c1-3-4-12-24-13-5-6-16(11-14-24)19(25)20-15(2)23-21(26-20)17-7-9-18(22)10-8-17/h7-10,16H,3-6,11-14H2,1-2H3. The van der Waals surface area contributed by atoms with Crippen molar-refractivity contribution in [3.8, 4) is 10.6 Å². The molecule has 1 unspecified atom stereocenters. The van der Waals surface area contributed by atoms with Crippen LogP contribution in [0, 0.1) is 12.8 Å². The number of likely N-dealkylation sites (tertiary alicyclic amines) is 1. The van der Waals surface area contributed by atoms with Crippen molar-refractivity contribution in [3.05, 3.63) is 39.9 Å². The van der Waals surface area contributed by atoms with Crippen LogP contribution in [0.15, 0.2) is 24.3 Å². The van der Waals surface area contributed by atoms with Gasteiger partial charge in [-0.2, -0.15) is 0 Å². The second-order valence-corrected chi connectivity index (χ2v) is 8.56. The number of hydrogen-bond acceptors (Lipinski definition) is 4. The first-order valence-electron chi connectivity index (χ1n) is 9.58. The summed E-state index contributed by atoms with van der Waals surface area (Å²) in [5.74, 6) is 0.427. The molecule has 0 N–H and O–H groups in total. The summed E-state index contributed by atoms with van der Waals surface area (Å²) >= 11 is 7.50. The largest absolute Gasteiger partial charge is 0.303 e. The minimum Gasteiger partial charge on any atom is -0.303 e. The molecule has 1 saturated heterocycles. The van der Waals surface area contributed by atoms with E-state index in [1.54, 1.807) is 0 Å². The van der Waals surface area contributed by atoms with Crippen LogP contribution in [0.3, 0.4) is 0 Å². The van der Waals surface area contributed by atoms with Crippen molar-refractivity contribution in [2.24, 2.45) is 5.92 Å². The molecule has 3 rings (SSSR count). The third-order valence-corrected chi connectivity index (χ3v) is 6.60. The molecule has 0 saturated carbocycles. The highest BCUT2D eigenvalue weighted by atomic mass is 35.5. The SMILES string of the molecule is CCCCN1CCCC(C(=O)c2sc(-c3ccc(Cl)cc3)nc2C)CC1. The molecule has 1 aliphatic rings. The lowest BCUT2D eigenvalue weighted by molar-refractivity contribution is 0.0911. The summed E-state index contributed by atoms with van der Waals surface area (Å²) in [4.78, 5) is 21.1. The van der Waals surface area contributed by atoms with E-state index in [9.17, 15) is 4.79 Å². The highest BCUT2D eigenvalue weighted by molar-refractivity contribution is 7.17. The van der Waals surface area contributed by atoms with E-state index in [2.05, 4.69) is 16.8 Å². The smallest absolute Gasteiger partial charge is 0.177 e. The van der Waals surface area contributed by atoms with Crippen molar-refractivity contribution in [1.82, 2.24) is 9.88 Å². The average Bonchev–Trinajstić information content (AvgIpc) is 2.88. The number of carbonyl (C=O) groups excluding carboxylic acids is 1. The quantitative estimate of drug-likeness (QED) is 0.579. The lowest BCUT2D eigenvalue weighted by Crippen LogP contribution is -2.26. The van der Waals surface area contributed by atoms with Crippen molar-refractivity contribution in [3.63, 3.8) is 0 Å². The van der Waals surface area contributed by atoms with Crippen LogP contribution in [0.4, 0.5) is 0 Å². The fourth-order valence-corrected chi connectivity index (χ4v) is 4.77. The normalized spacial score (nSPS) is 18.7. The van der Waals surface area contributed by atoms with Crippen molar-refractivity contribution < 1.29 is 4.79 Å². The van der Waals surface area contributed by atoms with Gasteiger partial charge in [-0.1, -0.05) is 37.1 Å². The molecule has 140 valence electrons. The van der Waals surface area contributed by atoms with E-state index in [1.807, 2.05) is 31.2 Å². The third-order valence-electron chi connectivity index (χ3n) is 5.13. The van der Waals surface area contributed by atoms with Crippen LogP contribution in [0.1, 0.15) is 54.4 Å². The van der Waals surface area contributed by atoms with Crippen molar-refractivity contribution >= 4 is 28.7 Å². The van der Waals surface area contributed by atoms with E-state index in [1.165, 1.54) is 24.2 Å². The zero-order valence-electron chi connectivity index (χ0n) is 15.6. The van der Waals surface area contributed by atoms with E-state index in [0.717, 1.165) is 60.0 Å². The van der Waals surface area contributed by atoms with Crippen molar-refractivity contribution in [2.45, 2.75) is 46.0 Å². The Hall–Kier alpha value is -1.23. The van der Waals surface area contributed by atoms with E-state index >= 15 is 0 Å². The fourth-order valence-electron chi connectivity index (χ4n) is 3.55. The molecule has 0 radical (unpaired) electrons. The van der Waals surface area contributed by atoms with Gasteiger partial charge in [-0.25, -0.2) is 4.98 Å².